The Bertz CT molecular complexity index is 927. The molecular weight excluding hydrogens is 310 g/mol. The molecule has 0 unspecified atom stereocenters. The van der Waals surface area contributed by atoms with Crippen molar-refractivity contribution in [2.24, 2.45) is 0 Å². The zero-order valence-electron chi connectivity index (χ0n) is 11.7. The van der Waals surface area contributed by atoms with E-state index in [9.17, 15) is 0 Å². The second kappa shape index (κ2) is 5.56. The van der Waals surface area contributed by atoms with E-state index in [4.69, 9.17) is 11.6 Å². The molecule has 1 nitrogen and oxygen atoms in total. The van der Waals surface area contributed by atoms with Crippen LogP contribution in [0.25, 0.3) is 31.9 Å². The van der Waals surface area contributed by atoms with E-state index in [1.165, 1.54) is 11.1 Å². The van der Waals surface area contributed by atoms with Gasteiger partial charge in [-0.05, 0) is 23.3 Å². The Morgan fingerprint density at radius 1 is 0.682 bits per heavy atom. The van der Waals surface area contributed by atoms with Gasteiger partial charge in [-0.25, -0.2) is 4.98 Å². The lowest BCUT2D eigenvalue weighted by Crippen LogP contribution is -1.79. The minimum Gasteiger partial charge on any atom is -0.234 e. The molecule has 0 radical (unpaired) electrons. The number of fused-ring (bicyclic) bond motifs is 1. The lowest BCUT2D eigenvalue weighted by molar-refractivity contribution is 1.47. The van der Waals surface area contributed by atoms with Crippen LogP contribution in [0, 0.1) is 0 Å². The van der Waals surface area contributed by atoms with Gasteiger partial charge in [0.2, 0.25) is 0 Å². The van der Waals surface area contributed by atoms with Gasteiger partial charge in [-0.1, -0.05) is 72.3 Å². The molecule has 0 saturated carbocycles. The van der Waals surface area contributed by atoms with Crippen molar-refractivity contribution in [1.29, 1.82) is 0 Å². The molecule has 0 aliphatic rings. The van der Waals surface area contributed by atoms with Gasteiger partial charge >= 0.3 is 0 Å². The van der Waals surface area contributed by atoms with E-state index in [1.807, 2.05) is 18.2 Å². The molecule has 0 aliphatic carbocycles. The SMILES string of the molecule is Clc1cccc2sc(-c3ccc(-c4ccccc4)cc3)nc12. The second-order valence-corrected chi connectivity index (χ2v) is 6.49. The van der Waals surface area contributed by atoms with Crippen LogP contribution in [-0.2, 0) is 0 Å². The number of benzene rings is 3. The van der Waals surface area contributed by atoms with E-state index in [0.717, 1.165) is 20.8 Å². The molecule has 3 aromatic carbocycles. The third-order valence-corrected chi connectivity index (χ3v) is 4.98. The van der Waals surface area contributed by atoms with E-state index in [-0.39, 0.29) is 0 Å². The number of rotatable bonds is 2. The quantitative estimate of drug-likeness (QED) is 0.423. The summed E-state index contributed by atoms with van der Waals surface area (Å²) in [6.45, 7) is 0. The summed E-state index contributed by atoms with van der Waals surface area (Å²) in [5, 5.41) is 1.71. The largest absolute Gasteiger partial charge is 0.234 e. The van der Waals surface area contributed by atoms with Gasteiger partial charge in [0.1, 0.15) is 10.5 Å². The van der Waals surface area contributed by atoms with E-state index in [1.54, 1.807) is 11.3 Å². The summed E-state index contributed by atoms with van der Waals surface area (Å²) in [7, 11) is 0. The van der Waals surface area contributed by atoms with Crippen LogP contribution in [0.15, 0.2) is 72.8 Å². The van der Waals surface area contributed by atoms with Crippen LogP contribution in [0.2, 0.25) is 5.02 Å². The highest BCUT2D eigenvalue weighted by Gasteiger charge is 2.08. The molecule has 0 aliphatic heterocycles. The number of nitrogens with zero attached hydrogens (tertiary/aromatic N) is 1. The number of thiazole rings is 1. The highest BCUT2D eigenvalue weighted by atomic mass is 35.5. The van der Waals surface area contributed by atoms with Gasteiger partial charge in [-0.15, -0.1) is 11.3 Å². The summed E-state index contributed by atoms with van der Waals surface area (Å²) in [6, 6.07) is 24.8. The third kappa shape index (κ3) is 2.41. The maximum atomic E-state index is 6.21. The first-order valence-electron chi connectivity index (χ1n) is 7.02. The van der Waals surface area contributed by atoms with Crippen molar-refractivity contribution in [3.05, 3.63) is 77.8 Å². The fourth-order valence-electron chi connectivity index (χ4n) is 2.47. The molecular formula is C19H12ClNS. The van der Waals surface area contributed by atoms with E-state index in [2.05, 4.69) is 59.6 Å². The Morgan fingerprint density at radius 3 is 2.09 bits per heavy atom. The number of aromatic nitrogens is 1. The summed E-state index contributed by atoms with van der Waals surface area (Å²) >= 11 is 7.88. The van der Waals surface area contributed by atoms with E-state index in [0.29, 0.717) is 5.02 Å². The van der Waals surface area contributed by atoms with Gasteiger partial charge in [-0.3, -0.25) is 0 Å². The first-order chi connectivity index (χ1) is 10.8. The monoisotopic (exact) mass is 321 g/mol. The number of hydrogen-bond acceptors (Lipinski definition) is 2. The Balaban J connectivity index is 1.74. The predicted octanol–water partition coefficient (Wildman–Crippen LogP) is 6.28. The fraction of sp³-hybridized carbons (Fsp3) is 0. The normalized spacial score (nSPS) is 11.0. The van der Waals surface area contributed by atoms with Crippen LogP contribution in [0.3, 0.4) is 0 Å². The van der Waals surface area contributed by atoms with Crippen molar-refractivity contribution in [3.8, 4) is 21.7 Å². The first-order valence-corrected chi connectivity index (χ1v) is 8.21. The smallest absolute Gasteiger partial charge is 0.124 e. The molecule has 106 valence electrons. The van der Waals surface area contributed by atoms with Gasteiger partial charge in [-0.2, -0.15) is 0 Å². The van der Waals surface area contributed by atoms with Crippen LogP contribution >= 0.6 is 22.9 Å². The molecule has 0 fully saturated rings. The summed E-state index contributed by atoms with van der Waals surface area (Å²) in [5.74, 6) is 0. The average Bonchev–Trinajstić information content (AvgIpc) is 3.02. The molecule has 0 bridgehead atoms. The summed E-state index contributed by atoms with van der Waals surface area (Å²) in [5.41, 5.74) is 4.44. The van der Waals surface area contributed by atoms with Crippen molar-refractivity contribution in [1.82, 2.24) is 4.98 Å². The number of hydrogen-bond donors (Lipinski definition) is 0. The molecule has 1 aromatic heterocycles. The molecule has 0 N–H and O–H groups in total. The Morgan fingerprint density at radius 2 is 1.36 bits per heavy atom. The van der Waals surface area contributed by atoms with Gasteiger partial charge in [0.25, 0.3) is 0 Å². The van der Waals surface area contributed by atoms with Gasteiger partial charge in [0.15, 0.2) is 0 Å². The molecule has 0 saturated heterocycles. The minimum absolute atomic E-state index is 0.709. The van der Waals surface area contributed by atoms with Crippen LogP contribution in [0.5, 0.6) is 0 Å². The highest BCUT2D eigenvalue weighted by Crippen LogP contribution is 2.34. The molecule has 4 aromatic rings. The third-order valence-electron chi connectivity index (χ3n) is 3.61. The fourth-order valence-corrected chi connectivity index (χ4v) is 3.75. The molecule has 3 heteroatoms. The molecule has 1 heterocycles. The summed E-state index contributed by atoms with van der Waals surface area (Å²) in [6.07, 6.45) is 0. The van der Waals surface area contributed by atoms with Crippen molar-refractivity contribution >= 4 is 33.2 Å². The van der Waals surface area contributed by atoms with Crippen LogP contribution in [-0.4, -0.2) is 4.98 Å². The number of halogens is 1. The molecule has 22 heavy (non-hydrogen) atoms. The Kier molecular flexibility index (Phi) is 3.41. The van der Waals surface area contributed by atoms with Crippen LogP contribution in [0.1, 0.15) is 0 Å². The van der Waals surface area contributed by atoms with Crippen molar-refractivity contribution in [2.45, 2.75) is 0 Å². The zero-order valence-corrected chi connectivity index (χ0v) is 13.2. The summed E-state index contributed by atoms with van der Waals surface area (Å²) < 4.78 is 1.12. The van der Waals surface area contributed by atoms with Crippen molar-refractivity contribution < 1.29 is 0 Å². The summed E-state index contributed by atoms with van der Waals surface area (Å²) in [4.78, 5) is 4.67. The standard InChI is InChI=1S/C19H12ClNS/c20-16-7-4-8-17-18(16)21-19(22-17)15-11-9-14(10-12-15)13-5-2-1-3-6-13/h1-12H. The predicted molar refractivity (Wildman–Crippen MR) is 95.5 cm³/mol. The van der Waals surface area contributed by atoms with Crippen LogP contribution < -0.4 is 0 Å². The zero-order chi connectivity index (χ0) is 14.9. The minimum atomic E-state index is 0.709. The maximum Gasteiger partial charge on any atom is 0.124 e. The molecule has 0 spiro atoms. The molecule has 0 atom stereocenters. The number of para-hydroxylation sites is 1. The van der Waals surface area contributed by atoms with Crippen molar-refractivity contribution in [3.63, 3.8) is 0 Å². The van der Waals surface area contributed by atoms with Gasteiger partial charge in [0.05, 0.1) is 9.72 Å². The lowest BCUT2D eigenvalue weighted by Gasteiger charge is -2.02. The Hall–Kier alpha value is -2.16. The van der Waals surface area contributed by atoms with Crippen molar-refractivity contribution in [2.75, 3.05) is 0 Å². The maximum absolute atomic E-state index is 6.21. The van der Waals surface area contributed by atoms with Gasteiger partial charge < -0.3 is 0 Å². The molecule has 0 amide bonds. The van der Waals surface area contributed by atoms with E-state index < -0.39 is 0 Å². The molecule has 4 rings (SSSR count). The second-order valence-electron chi connectivity index (χ2n) is 5.05. The van der Waals surface area contributed by atoms with E-state index >= 15 is 0 Å². The Labute approximate surface area is 137 Å². The average molecular weight is 322 g/mol. The lowest BCUT2D eigenvalue weighted by atomic mass is 10.0. The first kappa shape index (κ1) is 13.5. The highest BCUT2D eigenvalue weighted by molar-refractivity contribution is 7.21. The van der Waals surface area contributed by atoms with Gasteiger partial charge in [0, 0.05) is 5.56 Å². The van der Waals surface area contributed by atoms with Crippen LogP contribution in [0.4, 0.5) is 0 Å². The topological polar surface area (TPSA) is 12.9 Å².